The number of carbonyl (C=O) groups is 1. The van der Waals surface area contributed by atoms with Crippen LogP contribution in [0, 0.1) is 20.8 Å². The fourth-order valence-corrected chi connectivity index (χ4v) is 2.64. The van der Waals surface area contributed by atoms with E-state index in [4.69, 9.17) is 9.47 Å². The van der Waals surface area contributed by atoms with Gasteiger partial charge in [-0.05, 0) is 70.0 Å². The second-order valence-electron chi connectivity index (χ2n) is 5.93. The molecular formula is C20H25NO3. The maximum Gasteiger partial charge on any atom is 0.265 e. The van der Waals surface area contributed by atoms with E-state index in [1.165, 1.54) is 5.56 Å². The molecule has 0 saturated carbocycles. The SMILES string of the molecule is CCOc1ccc(OC(C)C(=O)Nc2c(C)cc(C)cc2C)cc1. The van der Waals surface area contributed by atoms with Gasteiger partial charge in [-0.25, -0.2) is 0 Å². The van der Waals surface area contributed by atoms with Gasteiger partial charge in [-0.15, -0.1) is 0 Å². The molecule has 0 radical (unpaired) electrons. The molecule has 1 amide bonds. The maximum atomic E-state index is 12.4. The molecule has 1 atom stereocenters. The Labute approximate surface area is 143 Å². The predicted octanol–water partition coefficient (Wildman–Crippen LogP) is 4.42. The third-order valence-electron chi connectivity index (χ3n) is 3.74. The summed E-state index contributed by atoms with van der Waals surface area (Å²) in [4.78, 5) is 12.4. The van der Waals surface area contributed by atoms with Crippen molar-refractivity contribution in [3.63, 3.8) is 0 Å². The van der Waals surface area contributed by atoms with E-state index in [1.54, 1.807) is 19.1 Å². The first kappa shape index (κ1) is 17.9. The Kier molecular flexibility index (Phi) is 5.85. The van der Waals surface area contributed by atoms with Gasteiger partial charge in [0.05, 0.1) is 6.61 Å². The van der Waals surface area contributed by atoms with E-state index in [2.05, 4.69) is 17.4 Å². The van der Waals surface area contributed by atoms with Crippen LogP contribution in [0.25, 0.3) is 0 Å². The molecule has 4 nitrogen and oxygen atoms in total. The summed E-state index contributed by atoms with van der Waals surface area (Å²) in [5, 5.41) is 2.97. The van der Waals surface area contributed by atoms with Gasteiger partial charge in [-0.3, -0.25) is 4.79 Å². The molecule has 2 rings (SSSR count). The van der Waals surface area contributed by atoms with Crippen LogP contribution in [-0.4, -0.2) is 18.6 Å². The largest absolute Gasteiger partial charge is 0.494 e. The van der Waals surface area contributed by atoms with Gasteiger partial charge in [0.15, 0.2) is 6.10 Å². The van der Waals surface area contributed by atoms with Crippen molar-refractivity contribution >= 4 is 11.6 Å². The number of nitrogens with one attached hydrogen (secondary N) is 1. The predicted molar refractivity (Wildman–Crippen MR) is 97.0 cm³/mol. The van der Waals surface area contributed by atoms with Crippen LogP contribution in [0.2, 0.25) is 0 Å². The van der Waals surface area contributed by atoms with E-state index >= 15 is 0 Å². The lowest BCUT2D eigenvalue weighted by Crippen LogP contribution is -2.30. The van der Waals surface area contributed by atoms with Gasteiger partial charge in [0.1, 0.15) is 11.5 Å². The molecule has 0 bridgehead atoms. The lowest BCUT2D eigenvalue weighted by Gasteiger charge is -2.17. The van der Waals surface area contributed by atoms with Crippen molar-refractivity contribution in [2.24, 2.45) is 0 Å². The molecule has 0 saturated heterocycles. The number of anilines is 1. The highest BCUT2D eigenvalue weighted by molar-refractivity contribution is 5.95. The van der Waals surface area contributed by atoms with Crippen LogP contribution in [0.3, 0.4) is 0 Å². The molecule has 0 aliphatic carbocycles. The number of benzene rings is 2. The van der Waals surface area contributed by atoms with Crippen molar-refractivity contribution in [2.45, 2.75) is 40.7 Å². The van der Waals surface area contributed by atoms with Gasteiger partial charge < -0.3 is 14.8 Å². The summed E-state index contributed by atoms with van der Waals surface area (Å²) in [5.41, 5.74) is 4.14. The van der Waals surface area contributed by atoms with Gasteiger partial charge in [0.25, 0.3) is 5.91 Å². The standard InChI is InChI=1S/C20H25NO3/c1-6-23-17-7-9-18(10-8-17)24-16(5)20(22)21-19-14(3)11-13(2)12-15(19)4/h7-12,16H,6H2,1-5H3,(H,21,22). The van der Waals surface area contributed by atoms with Crippen LogP contribution >= 0.6 is 0 Å². The summed E-state index contributed by atoms with van der Waals surface area (Å²) in [6.45, 7) is 10.3. The number of hydrogen-bond acceptors (Lipinski definition) is 3. The van der Waals surface area contributed by atoms with Crippen molar-refractivity contribution in [3.05, 3.63) is 53.1 Å². The minimum absolute atomic E-state index is 0.168. The fourth-order valence-electron chi connectivity index (χ4n) is 2.64. The van der Waals surface area contributed by atoms with Gasteiger partial charge in [0, 0.05) is 5.69 Å². The second kappa shape index (κ2) is 7.86. The summed E-state index contributed by atoms with van der Waals surface area (Å²) in [5.74, 6) is 1.25. The third-order valence-corrected chi connectivity index (χ3v) is 3.74. The molecule has 0 aliphatic rings. The molecular weight excluding hydrogens is 302 g/mol. The quantitative estimate of drug-likeness (QED) is 0.854. The first-order valence-corrected chi connectivity index (χ1v) is 8.19. The highest BCUT2D eigenvalue weighted by atomic mass is 16.5. The van der Waals surface area contributed by atoms with Crippen molar-refractivity contribution in [3.8, 4) is 11.5 Å². The van der Waals surface area contributed by atoms with E-state index in [0.717, 1.165) is 22.6 Å². The van der Waals surface area contributed by atoms with Crippen LogP contribution in [0.15, 0.2) is 36.4 Å². The molecule has 0 aromatic heterocycles. The Hall–Kier alpha value is -2.49. The zero-order valence-corrected chi connectivity index (χ0v) is 15.0. The van der Waals surface area contributed by atoms with E-state index in [0.29, 0.717) is 12.4 Å². The van der Waals surface area contributed by atoms with Gasteiger partial charge in [0.2, 0.25) is 0 Å². The highest BCUT2D eigenvalue weighted by Crippen LogP contribution is 2.23. The third kappa shape index (κ3) is 4.51. The average Bonchev–Trinajstić information content (AvgIpc) is 2.52. The van der Waals surface area contributed by atoms with E-state index in [1.807, 2.05) is 39.8 Å². The second-order valence-corrected chi connectivity index (χ2v) is 5.93. The topological polar surface area (TPSA) is 47.6 Å². The molecule has 1 N–H and O–H groups in total. The molecule has 0 fully saturated rings. The number of aryl methyl sites for hydroxylation is 3. The van der Waals surface area contributed by atoms with E-state index < -0.39 is 6.10 Å². The summed E-state index contributed by atoms with van der Waals surface area (Å²) in [6.07, 6.45) is -0.594. The Morgan fingerprint density at radius 1 is 1.04 bits per heavy atom. The number of ether oxygens (including phenoxy) is 2. The van der Waals surface area contributed by atoms with Crippen LogP contribution in [-0.2, 0) is 4.79 Å². The van der Waals surface area contributed by atoms with E-state index in [-0.39, 0.29) is 5.91 Å². The van der Waals surface area contributed by atoms with Crippen molar-refractivity contribution in [1.82, 2.24) is 0 Å². The van der Waals surface area contributed by atoms with Gasteiger partial charge in [-0.2, -0.15) is 0 Å². The van der Waals surface area contributed by atoms with Gasteiger partial charge >= 0.3 is 0 Å². The van der Waals surface area contributed by atoms with Crippen LogP contribution in [0.1, 0.15) is 30.5 Å². The maximum absolute atomic E-state index is 12.4. The lowest BCUT2D eigenvalue weighted by molar-refractivity contribution is -0.122. The van der Waals surface area contributed by atoms with Crippen molar-refractivity contribution < 1.29 is 14.3 Å². The summed E-state index contributed by atoms with van der Waals surface area (Å²) in [7, 11) is 0. The highest BCUT2D eigenvalue weighted by Gasteiger charge is 2.17. The number of hydrogen-bond donors (Lipinski definition) is 1. The molecule has 2 aromatic rings. The molecule has 1 unspecified atom stereocenters. The molecule has 0 aliphatic heterocycles. The summed E-state index contributed by atoms with van der Waals surface area (Å²) >= 11 is 0. The Morgan fingerprint density at radius 2 is 1.58 bits per heavy atom. The molecule has 0 heterocycles. The van der Waals surface area contributed by atoms with Crippen molar-refractivity contribution in [1.29, 1.82) is 0 Å². The Morgan fingerprint density at radius 3 is 2.12 bits per heavy atom. The Bertz CT molecular complexity index is 684. The Balaban J connectivity index is 2.02. The first-order valence-electron chi connectivity index (χ1n) is 8.19. The van der Waals surface area contributed by atoms with E-state index in [9.17, 15) is 4.79 Å². The van der Waals surface area contributed by atoms with Gasteiger partial charge in [-0.1, -0.05) is 17.7 Å². The van der Waals surface area contributed by atoms with Crippen LogP contribution in [0.4, 0.5) is 5.69 Å². The van der Waals surface area contributed by atoms with Crippen LogP contribution < -0.4 is 14.8 Å². The molecule has 0 spiro atoms. The molecule has 4 heteroatoms. The molecule has 24 heavy (non-hydrogen) atoms. The summed E-state index contributed by atoms with van der Waals surface area (Å²) < 4.78 is 11.1. The normalized spacial score (nSPS) is 11.7. The minimum atomic E-state index is -0.594. The number of amides is 1. The fraction of sp³-hybridized carbons (Fsp3) is 0.350. The smallest absolute Gasteiger partial charge is 0.265 e. The summed E-state index contributed by atoms with van der Waals surface area (Å²) in [6, 6.07) is 11.4. The zero-order valence-electron chi connectivity index (χ0n) is 15.0. The number of rotatable bonds is 6. The van der Waals surface area contributed by atoms with Crippen molar-refractivity contribution in [2.75, 3.05) is 11.9 Å². The lowest BCUT2D eigenvalue weighted by atomic mass is 10.0. The average molecular weight is 327 g/mol. The molecule has 2 aromatic carbocycles. The first-order chi connectivity index (χ1) is 11.4. The minimum Gasteiger partial charge on any atom is -0.494 e. The zero-order chi connectivity index (χ0) is 17.7. The molecule has 128 valence electrons. The number of carbonyl (C=O) groups excluding carboxylic acids is 1. The monoisotopic (exact) mass is 327 g/mol. The van der Waals surface area contributed by atoms with Crippen LogP contribution in [0.5, 0.6) is 11.5 Å².